The highest BCUT2D eigenvalue weighted by atomic mass is 16.5. The summed E-state index contributed by atoms with van der Waals surface area (Å²) in [4.78, 5) is 0. The first kappa shape index (κ1) is 20.9. The van der Waals surface area contributed by atoms with Gasteiger partial charge in [-0.2, -0.15) is 0 Å². The summed E-state index contributed by atoms with van der Waals surface area (Å²) in [5, 5.41) is 0. The Morgan fingerprint density at radius 2 is 0.963 bits per heavy atom. The first-order chi connectivity index (χ1) is 12.8. The molecule has 2 aromatic rings. The fraction of sp³-hybridized carbons (Fsp3) is 0.429. The van der Waals surface area contributed by atoms with E-state index in [4.69, 9.17) is 30.4 Å². The zero-order valence-corrected chi connectivity index (χ0v) is 16.9. The summed E-state index contributed by atoms with van der Waals surface area (Å²) in [6.07, 6.45) is 0. The topological polar surface area (TPSA) is 89.0 Å². The Balaban J connectivity index is 2.78. The predicted molar refractivity (Wildman–Crippen MR) is 107 cm³/mol. The van der Waals surface area contributed by atoms with Crippen molar-refractivity contribution in [1.82, 2.24) is 0 Å². The van der Waals surface area contributed by atoms with Gasteiger partial charge in [-0.25, -0.2) is 0 Å². The maximum absolute atomic E-state index is 7.03. The van der Waals surface area contributed by atoms with Gasteiger partial charge in [0.15, 0.2) is 0 Å². The van der Waals surface area contributed by atoms with Crippen LogP contribution < -0.4 is 30.4 Å². The van der Waals surface area contributed by atoms with Crippen LogP contribution in [0.3, 0.4) is 0 Å². The minimum absolute atomic E-state index is 0.115. The second-order valence-electron chi connectivity index (χ2n) is 6.84. The molecule has 0 aliphatic heterocycles. The summed E-state index contributed by atoms with van der Waals surface area (Å²) in [7, 11) is 6.42. The third kappa shape index (κ3) is 4.12. The van der Waals surface area contributed by atoms with Gasteiger partial charge in [0.1, 0.15) is 23.0 Å². The average molecular weight is 374 g/mol. The quantitative estimate of drug-likeness (QED) is 0.738. The Morgan fingerprint density at radius 3 is 1.19 bits per heavy atom. The van der Waals surface area contributed by atoms with Gasteiger partial charge >= 0.3 is 0 Å². The molecule has 0 fully saturated rings. The zero-order valence-electron chi connectivity index (χ0n) is 16.9. The van der Waals surface area contributed by atoms with Crippen molar-refractivity contribution in [3.8, 4) is 23.0 Å². The SMILES string of the molecule is COc1cc(OC)cc(C(N)(c2cc(OC)cc(OC)c2)C(N)C(C)C)c1. The molecule has 0 saturated heterocycles. The normalized spacial score (nSPS) is 12.6. The Kier molecular flexibility index (Phi) is 6.57. The number of ether oxygens (including phenoxy) is 4. The van der Waals surface area contributed by atoms with Crippen LogP contribution in [0, 0.1) is 5.92 Å². The van der Waals surface area contributed by atoms with Crippen molar-refractivity contribution in [3.63, 3.8) is 0 Å². The maximum atomic E-state index is 7.03. The molecule has 0 saturated carbocycles. The fourth-order valence-corrected chi connectivity index (χ4v) is 3.17. The van der Waals surface area contributed by atoms with Crippen molar-refractivity contribution in [3.05, 3.63) is 47.5 Å². The third-order valence-electron chi connectivity index (χ3n) is 4.90. The van der Waals surface area contributed by atoms with Crippen molar-refractivity contribution in [2.24, 2.45) is 17.4 Å². The van der Waals surface area contributed by atoms with Crippen LogP contribution in [-0.2, 0) is 5.54 Å². The molecule has 0 heterocycles. The lowest BCUT2D eigenvalue weighted by Gasteiger charge is -2.39. The van der Waals surface area contributed by atoms with E-state index in [1.165, 1.54) is 0 Å². The van der Waals surface area contributed by atoms with E-state index in [1.807, 2.05) is 38.1 Å². The molecular formula is C21H30N2O4. The van der Waals surface area contributed by atoms with Gasteiger partial charge in [-0.1, -0.05) is 13.8 Å². The van der Waals surface area contributed by atoms with Gasteiger partial charge in [-0.15, -0.1) is 0 Å². The van der Waals surface area contributed by atoms with E-state index in [0.717, 1.165) is 11.1 Å². The number of rotatable bonds is 8. The molecule has 0 spiro atoms. The molecule has 0 aromatic heterocycles. The Morgan fingerprint density at radius 1 is 0.667 bits per heavy atom. The highest BCUT2D eigenvalue weighted by molar-refractivity contribution is 5.51. The van der Waals surface area contributed by atoms with Gasteiger partial charge in [-0.3, -0.25) is 0 Å². The molecule has 2 rings (SSSR count). The first-order valence-electron chi connectivity index (χ1n) is 8.81. The van der Waals surface area contributed by atoms with Crippen molar-refractivity contribution >= 4 is 0 Å². The Hall–Kier alpha value is -2.44. The molecule has 6 nitrogen and oxygen atoms in total. The highest BCUT2D eigenvalue weighted by Gasteiger charge is 2.39. The molecule has 0 amide bonds. The van der Waals surface area contributed by atoms with Gasteiger partial charge in [-0.05, 0) is 41.3 Å². The zero-order chi connectivity index (χ0) is 20.2. The lowest BCUT2D eigenvalue weighted by atomic mass is 9.74. The van der Waals surface area contributed by atoms with Crippen molar-refractivity contribution in [2.75, 3.05) is 28.4 Å². The van der Waals surface area contributed by atoms with Crippen molar-refractivity contribution < 1.29 is 18.9 Å². The second kappa shape index (κ2) is 8.50. The van der Waals surface area contributed by atoms with E-state index in [1.54, 1.807) is 40.6 Å². The van der Waals surface area contributed by atoms with E-state index in [0.29, 0.717) is 23.0 Å². The van der Waals surface area contributed by atoms with Crippen LogP contribution in [0.1, 0.15) is 25.0 Å². The number of nitrogens with two attached hydrogens (primary N) is 2. The van der Waals surface area contributed by atoms with Crippen LogP contribution >= 0.6 is 0 Å². The highest BCUT2D eigenvalue weighted by Crippen LogP contribution is 2.39. The third-order valence-corrected chi connectivity index (χ3v) is 4.90. The fourth-order valence-electron chi connectivity index (χ4n) is 3.17. The molecule has 1 atom stereocenters. The summed E-state index contributed by atoms with van der Waals surface area (Å²) < 4.78 is 21.7. The molecule has 2 aromatic carbocycles. The van der Waals surface area contributed by atoms with E-state index >= 15 is 0 Å². The van der Waals surface area contributed by atoms with Crippen LogP contribution in [-0.4, -0.2) is 34.5 Å². The van der Waals surface area contributed by atoms with Gasteiger partial charge in [0.25, 0.3) is 0 Å². The maximum Gasteiger partial charge on any atom is 0.122 e. The monoisotopic (exact) mass is 374 g/mol. The lowest BCUT2D eigenvalue weighted by molar-refractivity contribution is 0.328. The minimum atomic E-state index is -1.02. The molecule has 0 aliphatic rings. The second-order valence-corrected chi connectivity index (χ2v) is 6.84. The molecule has 0 bridgehead atoms. The number of hydrogen-bond donors (Lipinski definition) is 2. The van der Waals surface area contributed by atoms with E-state index in [2.05, 4.69) is 0 Å². The minimum Gasteiger partial charge on any atom is -0.497 e. The standard InChI is InChI=1S/C21H30N2O4/c1-13(2)20(22)21(23,14-7-16(24-3)11-17(8-14)25-4)15-9-18(26-5)12-19(10-15)27-6/h7-13,20H,22-23H2,1-6H3. The smallest absolute Gasteiger partial charge is 0.122 e. The summed E-state index contributed by atoms with van der Waals surface area (Å²) in [5.74, 6) is 2.69. The van der Waals surface area contributed by atoms with E-state index < -0.39 is 5.54 Å². The van der Waals surface area contributed by atoms with Crippen LogP contribution in [0.4, 0.5) is 0 Å². The summed E-state index contributed by atoms with van der Waals surface area (Å²) in [6, 6.07) is 10.8. The largest absolute Gasteiger partial charge is 0.497 e. The van der Waals surface area contributed by atoms with Gasteiger partial charge in [0.2, 0.25) is 0 Å². The summed E-state index contributed by atoms with van der Waals surface area (Å²) >= 11 is 0. The average Bonchev–Trinajstić information content (AvgIpc) is 2.71. The van der Waals surface area contributed by atoms with Gasteiger partial charge in [0.05, 0.1) is 34.0 Å². The Labute approximate surface area is 161 Å². The van der Waals surface area contributed by atoms with Crippen LogP contribution in [0.25, 0.3) is 0 Å². The number of hydrogen-bond acceptors (Lipinski definition) is 6. The number of methoxy groups -OCH3 is 4. The van der Waals surface area contributed by atoms with Gasteiger partial charge in [0, 0.05) is 18.2 Å². The Bertz CT molecular complexity index is 677. The van der Waals surface area contributed by atoms with E-state index in [-0.39, 0.29) is 12.0 Å². The first-order valence-corrected chi connectivity index (χ1v) is 8.81. The van der Waals surface area contributed by atoms with Gasteiger partial charge < -0.3 is 30.4 Å². The van der Waals surface area contributed by atoms with Crippen LogP contribution in [0.5, 0.6) is 23.0 Å². The predicted octanol–water partition coefficient (Wildman–Crippen LogP) is 2.91. The van der Waals surface area contributed by atoms with Crippen molar-refractivity contribution in [1.29, 1.82) is 0 Å². The molecular weight excluding hydrogens is 344 g/mol. The molecule has 0 radical (unpaired) electrons. The van der Waals surface area contributed by atoms with Crippen molar-refractivity contribution in [2.45, 2.75) is 25.4 Å². The summed E-state index contributed by atoms with van der Waals surface area (Å²) in [6.45, 7) is 4.09. The number of benzene rings is 2. The van der Waals surface area contributed by atoms with Crippen LogP contribution in [0.2, 0.25) is 0 Å². The molecule has 6 heteroatoms. The van der Waals surface area contributed by atoms with E-state index in [9.17, 15) is 0 Å². The van der Waals surface area contributed by atoms with Crippen LogP contribution in [0.15, 0.2) is 36.4 Å². The summed E-state index contributed by atoms with van der Waals surface area (Å²) in [5.41, 5.74) is 14.2. The molecule has 148 valence electrons. The molecule has 1 unspecified atom stereocenters. The molecule has 0 aliphatic carbocycles. The molecule has 27 heavy (non-hydrogen) atoms. The lowest BCUT2D eigenvalue weighted by Crippen LogP contribution is -2.55. The molecule has 4 N–H and O–H groups in total.